The van der Waals surface area contributed by atoms with Crippen molar-refractivity contribution >= 4 is 52.4 Å². The number of halogens is 2. The molecule has 0 aromatic heterocycles. The second-order valence-corrected chi connectivity index (χ2v) is 6.93. The summed E-state index contributed by atoms with van der Waals surface area (Å²) in [5, 5.41) is 3.10. The van der Waals surface area contributed by atoms with E-state index in [2.05, 4.69) is 11.9 Å². The van der Waals surface area contributed by atoms with Crippen LogP contribution in [0, 0.1) is 6.92 Å². The van der Waals surface area contributed by atoms with Gasteiger partial charge in [0.15, 0.2) is 6.61 Å². The third-order valence-corrected chi connectivity index (χ3v) is 5.04. The van der Waals surface area contributed by atoms with Gasteiger partial charge in [-0.25, -0.2) is 0 Å². The molecule has 1 aliphatic rings. The lowest BCUT2D eigenvalue weighted by atomic mass is 10.1. The normalized spacial score (nSPS) is 12.8. The van der Waals surface area contributed by atoms with Crippen molar-refractivity contribution in [2.75, 3.05) is 18.5 Å². The van der Waals surface area contributed by atoms with E-state index < -0.39 is 18.5 Å². The zero-order valence-electron chi connectivity index (χ0n) is 14.9. The molecule has 1 N–H and O–H groups in total. The van der Waals surface area contributed by atoms with Gasteiger partial charge in [-0.3, -0.25) is 19.3 Å². The fourth-order valence-electron chi connectivity index (χ4n) is 2.77. The highest BCUT2D eigenvalue weighted by Gasteiger charge is 2.32. The van der Waals surface area contributed by atoms with Crippen LogP contribution in [0.1, 0.15) is 21.5 Å². The molecule has 144 valence electrons. The maximum atomic E-state index is 12.4. The quantitative estimate of drug-likeness (QED) is 0.746. The van der Waals surface area contributed by atoms with E-state index in [4.69, 9.17) is 27.9 Å². The smallest absolute Gasteiger partial charge is 0.326 e. The van der Waals surface area contributed by atoms with Gasteiger partial charge >= 0.3 is 5.97 Å². The number of carbonyl (C=O) groups excluding carboxylic acids is 3. The summed E-state index contributed by atoms with van der Waals surface area (Å²) in [6.07, 6.45) is 0. The van der Waals surface area contributed by atoms with Crippen molar-refractivity contribution < 1.29 is 19.1 Å². The van der Waals surface area contributed by atoms with Crippen LogP contribution >= 0.6 is 23.2 Å². The van der Waals surface area contributed by atoms with Crippen LogP contribution in [0.3, 0.4) is 0 Å². The van der Waals surface area contributed by atoms with Gasteiger partial charge < -0.3 is 10.1 Å². The lowest BCUT2D eigenvalue weighted by Gasteiger charge is -2.16. The molecule has 2 aromatic rings. The fraction of sp³-hybridized carbons (Fsp3) is 0.150. The van der Waals surface area contributed by atoms with Crippen LogP contribution in [-0.2, 0) is 14.3 Å². The van der Waals surface area contributed by atoms with Gasteiger partial charge in [-0.05, 0) is 24.6 Å². The zero-order chi connectivity index (χ0) is 20.4. The van der Waals surface area contributed by atoms with E-state index in [1.54, 1.807) is 43.3 Å². The highest BCUT2D eigenvalue weighted by Crippen LogP contribution is 2.33. The highest BCUT2D eigenvalue weighted by atomic mass is 35.5. The van der Waals surface area contributed by atoms with Crippen LogP contribution in [0.15, 0.2) is 43.0 Å². The molecule has 0 fully saturated rings. The van der Waals surface area contributed by atoms with Gasteiger partial charge in [0.05, 0.1) is 15.7 Å². The summed E-state index contributed by atoms with van der Waals surface area (Å²) in [6.45, 7) is 4.74. The molecule has 2 aromatic carbocycles. The lowest BCUT2D eigenvalue weighted by molar-refractivity contribution is -0.147. The summed E-state index contributed by atoms with van der Waals surface area (Å²) in [5.41, 5.74) is 2.55. The summed E-state index contributed by atoms with van der Waals surface area (Å²) < 4.78 is 4.97. The Morgan fingerprint density at radius 2 is 1.82 bits per heavy atom. The summed E-state index contributed by atoms with van der Waals surface area (Å²) >= 11 is 12.2. The monoisotopic (exact) mass is 418 g/mol. The number of aryl methyl sites for hydroxylation is 1. The number of esters is 1. The van der Waals surface area contributed by atoms with Crippen molar-refractivity contribution in [1.82, 2.24) is 4.90 Å². The first-order valence-corrected chi connectivity index (χ1v) is 9.05. The predicted molar refractivity (Wildman–Crippen MR) is 107 cm³/mol. The number of nitrogens with zero attached hydrogens (tertiary/aromatic N) is 1. The second-order valence-electron chi connectivity index (χ2n) is 6.15. The van der Waals surface area contributed by atoms with E-state index in [-0.39, 0.29) is 23.2 Å². The minimum Gasteiger partial charge on any atom is -0.454 e. The molecular weight excluding hydrogens is 403 g/mol. The van der Waals surface area contributed by atoms with Crippen molar-refractivity contribution in [3.63, 3.8) is 0 Å². The number of nitrogens with one attached hydrogen (secondary N) is 1. The number of anilines is 1. The van der Waals surface area contributed by atoms with Crippen LogP contribution in [0.5, 0.6) is 0 Å². The molecule has 0 saturated heterocycles. The van der Waals surface area contributed by atoms with Gasteiger partial charge in [0, 0.05) is 16.8 Å². The first-order valence-electron chi connectivity index (χ1n) is 8.30. The number of rotatable bonds is 5. The lowest BCUT2D eigenvalue weighted by Crippen LogP contribution is -2.32. The van der Waals surface area contributed by atoms with Crippen LogP contribution < -0.4 is 5.32 Å². The molecule has 0 saturated carbocycles. The molecule has 2 amide bonds. The Kier molecular flexibility index (Phi) is 5.72. The Balaban J connectivity index is 1.57. The van der Waals surface area contributed by atoms with Crippen molar-refractivity contribution in [3.8, 4) is 0 Å². The number of fused-ring (bicyclic) bond motifs is 1. The predicted octanol–water partition coefficient (Wildman–Crippen LogP) is 3.91. The van der Waals surface area contributed by atoms with Crippen molar-refractivity contribution in [1.29, 1.82) is 0 Å². The maximum absolute atomic E-state index is 12.4. The van der Waals surface area contributed by atoms with Gasteiger partial charge in [-0.2, -0.15) is 0 Å². The first kappa shape index (κ1) is 19.9. The minimum atomic E-state index is -0.737. The molecule has 3 rings (SSSR count). The zero-order valence-corrected chi connectivity index (χ0v) is 16.4. The molecule has 0 spiro atoms. The van der Waals surface area contributed by atoms with Crippen molar-refractivity contribution in [3.05, 3.63) is 69.7 Å². The average molecular weight is 419 g/mol. The fourth-order valence-corrected chi connectivity index (χ4v) is 3.23. The summed E-state index contributed by atoms with van der Waals surface area (Å²) in [4.78, 5) is 37.8. The summed E-state index contributed by atoms with van der Waals surface area (Å²) in [5.74, 6) is -1.67. The molecule has 1 heterocycles. The van der Waals surface area contributed by atoms with E-state index in [1.165, 1.54) is 4.90 Å². The van der Waals surface area contributed by atoms with Gasteiger partial charge in [-0.1, -0.05) is 54.0 Å². The third-order valence-electron chi connectivity index (χ3n) is 4.24. The Labute approximate surface area is 171 Å². The van der Waals surface area contributed by atoms with Gasteiger partial charge in [0.25, 0.3) is 11.8 Å². The third kappa shape index (κ3) is 3.88. The summed E-state index contributed by atoms with van der Waals surface area (Å²) in [7, 11) is 0. The molecule has 28 heavy (non-hydrogen) atoms. The van der Waals surface area contributed by atoms with Gasteiger partial charge in [0.1, 0.15) is 6.54 Å². The molecule has 0 bridgehead atoms. The van der Waals surface area contributed by atoms with E-state index in [9.17, 15) is 14.4 Å². The second kappa shape index (κ2) is 8.04. The Hall–Kier alpha value is -2.83. The Morgan fingerprint density at radius 3 is 2.50 bits per heavy atom. The largest absolute Gasteiger partial charge is 0.454 e. The van der Waals surface area contributed by atoms with E-state index in [0.29, 0.717) is 21.8 Å². The molecule has 0 atom stereocenters. The summed E-state index contributed by atoms with van der Waals surface area (Å²) in [6, 6.07) is 10.3. The van der Waals surface area contributed by atoms with Crippen molar-refractivity contribution in [2.24, 2.45) is 0 Å². The molecule has 8 heteroatoms. The molecule has 1 aliphatic heterocycles. The first-order chi connectivity index (χ1) is 13.3. The molecule has 0 radical (unpaired) electrons. The van der Waals surface area contributed by atoms with Gasteiger partial charge in [-0.15, -0.1) is 0 Å². The van der Waals surface area contributed by atoms with E-state index in [0.717, 1.165) is 5.56 Å². The number of benzene rings is 2. The standard InChI is InChI=1S/C20H16Cl2N2O4/c1-11-7-8-15(21)19(18(11)22)23-16(25)10-28-17(26)9-24-12(2)13-5-3-4-6-14(13)20(24)27/h3-8H,2,9-10H2,1H3,(H,23,25). The maximum Gasteiger partial charge on any atom is 0.326 e. The molecular formula is C20H16Cl2N2O4. The highest BCUT2D eigenvalue weighted by molar-refractivity contribution is 6.40. The van der Waals surface area contributed by atoms with Crippen molar-refractivity contribution in [2.45, 2.75) is 6.92 Å². The molecule has 0 unspecified atom stereocenters. The van der Waals surface area contributed by atoms with Crippen LogP contribution in [0.4, 0.5) is 5.69 Å². The molecule has 6 nitrogen and oxygen atoms in total. The number of hydrogen-bond donors (Lipinski definition) is 1. The number of carbonyl (C=O) groups is 3. The number of amides is 2. The molecule has 0 aliphatic carbocycles. The minimum absolute atomic E-state index is 0.253. The van der Waals surface area contributed by atoms with E-state index >= 15 is 0 Å². The Morgan fingerprint density at radius 1 is 1.14 bits per heavy atom. The van der Waals surface area contributed by atoms with E-state index in [1.807, 2.05) is 0 Å². The number of hydrogen-bond acceptors (Lipinski definition) is 4. The Bertz CT molecular complexity index is 969. The topological polar surface area (TPSA) is 75.7 Å². The average Bonchev–Trinajstić information content (AvgIpc) is 2.92. The number of ether oxygens (including phenoxy) is 1. The SMILES string of the molecule is C=C1c2ccccc2C(=O)N1CC(=O)OCC(=O)Nc1c(Cl)ccc(C)c1Cl. The van der Waals surface area contributed by atoms with Crippen LogP contribution in [0.2, 0.25) is 10.0 Å². The van der Waals surface area contributed by atoms with Gasteiger partial charge in [0.2, 0.25) is 0 Å². The van der Waals surface area contributed by atoms with Crippen LogP contribution in [0.25, 0.3) is 5.70 Å². The van der Waals surface area contributed by atoms with Crippen LogP contribution in [-0.4, -0.2) is 35.8 Å².